The van der Waals surface area contributed by atoms with Gasteiger partial charge in [-0.05, 0) is 36.6 Å². The first-order valence-electron chi connectivity index (χ1n) is 6.55. The second-order valence-electron chi connectivity index (χ2n) is 5.00. The van der Waals surface area contributed by atoms with Gasteiger partial charge in [-0.15, -0.1) is 0 Å². The number of thiazole rings is 1. The molecule has 0 N–H and O–H groups in total. The van der Waals surface area contributed by atoms with Crippen molar-refractivity contribution in [3.63, 3.8) is 0 Å². The molecule has 20 heavy (non-hydrogen) atoms. The lowest BCUT2D eigenvalue weighted by Gasteiger charge is -2.15. The zero-order valence-corrected chi connectivity index (χ0v) is 12.7. The molecule has 4 nitrogen and oxygen atoms in total. The number of nitrogens with zero attached hydrogens (tertiary/aromatic N) is 3. The van der Waals surface area contributed by atoms with Gasteiger partial charge >= 0.3 is 0 Å². The van der Waals surface area contributed by atoms with Crippen LogP contribution in [0, 0.1) is 0 Å². The van der Waals surface area contributed by atoms with Gasteiger partial charge in [0.05, 0.1) is 19.1 Å². The van der Waals surface area contributed by atoms with Crippen LogP contribution in [0.5, 0.6) is 5.75 Å². The molecule has 0 unspecified atom stereocenters. The monoisotopic (exact) mass is 287 g/mol. The van der Waals surface area contributed by atoms with Crippen molar-refractivity contribution in [1.82, 2.24) is 9.88 Å². The Labute approximate surface area is 122 Å². The molecular weight excluding hydrogens is 270 g/mol. The van der Waals surface area contributed by atoms with Crippen molar-refractivity contribution >= 4 is 22.8 Å². The smallest absolute Gasteiger partial charge is 0.211 e. The van der Waals surface area contributed by atoms with Gasteiger partial charge in [0.2, 0.25) is 5.13 Å². The molecule has 3 rings (SSSR count). The van der Waals surface area contributed by atoms with Crippen LogP contribution in [0.3, 0.4) is 0 Å². The number of aryl methyl sites for hydroxylation is 2. The fourth-order valence-corrected chi connectivity index (χ4v) is 3.24. The van der Waals surface area contributed by atoms with Gasteiger partial charge in [-0.1, -0.05) is 11.3 Å². The number of benzene rings is 1. The summed E-state index contributed by atoms with van der Waals surface area (Å²) in [4.78, 5) is 12.3. The molecule has 0 saturated heterocycles. The Hall–Kier alpha value is -1.88. The molecule has 1 heterocycles. The van der Waals surface area contributed by atoms with Crippen LogP contribution in [0.25, 0.3) is 11.3 Å². The lowest BCUT2D eigenvalue weighted by molar-refractivity contribution is 0.414. The molecule has 0 amide bonds. The van der Waals surface area contributed by atoms with Crippen LogP contribution < -0.4 is 4.74 Å². The number of hydrogen-bond acceptors (Lipinski definition) is 4. The summed E-state index contributed by atoms with van der Waals surface area (Å²) in [6.07, 6.45) is 3.86. The Morgan fingerprint density at radius 2 is 2.20 bits per heavy atom. The highest BCUT2D eigenvalue weighted by Gasteiger charge is 2.21. The Morgan fingerprint density at radius 1 is 1.35 bits per heavy atom. The number of hydrogen-bond donors (Lipinski definition) is 0. The maximum atomic E-state index is 5.29. The third-order valence-electron chi connectivity index (χ3n) is 3.27. The zero-order valence-electron chi connectivity index (χ0n) is 11.9. The van der Waals surface area contributed by atoms with Crippen LogP contribution in [0.15, 0.2) is 23.2 Å². The van der Waals surface area contributed by atoms with Crippen LogP contribution in [-0.4, -0.2) is 37.4 Å². The van der Waals surface area contributed by atoms with Gasteiger partial charge in [-0.25, -0.2) is 9.98 Å². The van der Waals surface area contributed by atoms with E-state index in [1.54, 1.807) is 24.8 Å². The second kappa shape index (κ2) is 5.25. The molecule has 0 spiro atoms. The predicted octanol–water partition coefficient (Wildman–Crippen LogP) is 3.14. The molecule has 2 aromatic rings. The summed E-state index contributed by atoms with van der Waals surface area (Å²) in [5.74, 6) is 0.910. The van der Waals surface area contributed by atoms with Crippen LogP contribution in [0.1, 0.15) is 10.4 Å². The highest BCUT2D eigenvalue weighted by molar-refractivity contribution is 7.15. The molecule has 104 valence electrons. The van der Waals surface area contributed by atoms with Gasteiger partial charge in [-0.2, -0.15) is 0 Å². The zero-order chi connectivity index (χ0) is 14.1. The normalized spacial score (nSPS) is 13.2. The van der Waals surface area contributed by atoms with E-state index in [9.17, 15) is 0 Å². The van der Waals surface area contributed by atoms with E-state index in [2.05, 4.69) is 22.1 Å². The van der Waals surface area contributed by atoms with Crippen molar-refractivity contribution in [2.75, 3.05) is 21.2 Å². The molecule has 0 aliphatic heterocycles. The van der Waals surface area contributed by atoms with Crippen molar-refractivity contribution in [3.8, 4) is 17.0 Å². The van der Waals surface area contributed by atoms with Gasteiger partial charge in [0, 0.05) is 24.5 Å². The van der Waals surface area contributed by atoms with Crippen LogP contribution in [0.2, 0.25) is 0 Å². The van der Waals surface area contributed by atoms with E-state index >= 15 is 0 Å². The standard InChI is InChI=1S/C15H17N3OS/c1-18(2)9-16-15-17-14-12-6-5-11(19-3)8-10(12)4-7-13(14)20-15/h5-6,8-9H,4,7H2,1-3H3. The maximum Gasteiger partial charge on any atom is 0.211 e. The first kappa shape index (κ1) is 13.1. The average molecular weight is 287 g/mol. The predicted molar refractivity (Wildman–Crippen MR) is 83.3 cm³/mol. The van der Waals surface area contributed by atoms with E-state index in [1.165, 1.54) is 16.0 Å². The van der Waals surface area contributed by atoms with E-state index in [-0.39, 0.29) is 0 Å². The average Bonchev–Trinajstić information content (AvgIpc) is 2.87. The number of rotatable bonds is 3. The first-order chi connectivity index (χ1) is 9.67. The number of fused-ring (bicyclic) bond motifs is 3. The topological polar surface area (TPSA) is 37.7 Å². The summed E-state index contributed by atoms with van der Waals surface area (Å²) in [5.41, 5.74) is 3.62. The van der Waals surface area contributed by atoms with Gasteiger partial charge in [0.25, 0.3) is 0 Å². The highest BCUT2D eigenvalue weighted by Crippen LogP contribution is 2.40. The van der Waals surface area contributed by atoms with Gasteiger partial charge < -0.3 is 9.64 Å². The molecule has 1 aliphatic carbocycles. The van der Waals surface area contributed by atoms with Gasteiger partial charge in [-0.3, -0.25) is 0 Å². The van der Waals surface area contributed by atoms with E-state index in [0.717, 1.165) is 29.4 Å². The molecule has 0 saturated carbocycles. The second-order valence-corrected chi connectivity index (χ2v) is 6.06. The van der Waals surface area contributed by atoms with E-state index in [0.29, 0.717) is 0 Å². The van der Waals surface area contributed by atoms with Crippen LogP contribution in [-0.2, 0) is 12.8 Å². The molecular formula is C15H17N3OS. The molecule has 5 heteroatoms. The first-order valence-corrected chi connectivity index (χ1v) is 7.36. The third-order valence-corrected chi connectivity index (χ3v) is 4.30. The molecule has 1 aromatic heterocycles. The molecule has 1 aromatic carbocycles. The Balaban J connectivity index is 1.99. The van der Waals surface area contributed by atoms with Crippen molar-refractivity contribution in [2.24, 2.45) is 4.99 Å². The Kier molecular flexibility index (Phi) is 3.44. The van der Waals surface area contributed by atoms with Crippen molar-refractivity contribution in [2.45, 2.75) is 12.8 Å². The fourth-order valence-electron chi connectivity index (χ4n) is 2.32. The number of aromatic nitrogens is 1. The van der Waals surface area contributed by atoms with Crippen LogP contribution in [0.4, 0.5) is 5.13 Å². The Bertz CT molecular complexity index is 661. The summed E-state index contributed by atoms with van der Waals surface area (Å²) in [6.45, 7) is 0. The largest absolute Gasteiger partial charge is 0.497 e. The minimum atomic E-state index is 0.826. The minimum Gasteiger partial charge on any atom is -0.497 e. The molecule has 0 atom stereocenters. The number of ether oxygens (including phenoxy) is 1. The minimum absolute atomic E-state index is 0.826. The number of aliphatic imine (C=N–C) groups is 1. The molecule has 0 bridgehead atoms. The maximum absolute atomic E-state index is 5.29. The van der Waals surface area contributed by atoms with Gasteiger partial charge in [0.1, 0.15) is 5.75 Å². The number of methoxy groups -OCH3 is 1. The van der Waals surface area contributed by atoms with E-state index < -0.39 is 0 Å². The summed E-state index contributed by atoms with van der Waals surface area (Å²) in [7, 11) is 5.62. The third kappa shape index (κ3) is 2.41. The van der Waals surface area contributed by atoms with Crippen molar-refractivity contribution in [3.05, 3.63) is 28.6 Å². The summed E-state index contributed by atoms with van der Waals surface area (Å²) in [6, 6.07) is 6.21. The SMILES string of the molecule is COc1ccc2c(c1)CCc1sc(N=CN(C)C)nc1-2. The summed E-state index contributed by atoms with van der Waals surface area (Å²) < 4.78 is 5.29. The quantitative estimate of drug-likeness (QED) is 0.643. The fraction of sp³-hybridized carbons (Fsp3) is 0.333. The van der Waals surface area contributed by atoms with E-state index in [4.69, 9.17) is 4.74 Å². The van der Waals surface area contributed by atoms with Crippen molar-refractivity contribution < 1.29 is 4.74 Å². The molecule has 1 aliphatic rings. The lowest BCUT2D eigenvalue weighted by Crippen LogP contribution is -2.06. The summed E-state index contributed by atoms with van der Waals surface area (Å²) in [5, 5.41) is 0.826. The van der Waals surface area contributed by atoms with Crippen molar-refractivity contribution in [1.29, 1.82) is 0 Å². The van der Waals surface area contributed by atoms with Gasteiger partial charge in [0.15, 0.2) is 0 Å². The lowest BCUT2D eigenvalue weighted by atomic mass is 9.93. The molecule has 0 fully saturated rings. The molecule has 0 radical (unpaired) electrons. The van der Waals surface area contributed by atoms with E-state index in [1.807, 2.05) is 25.1 Å². The highest BCUT2D eigenvalue weighted by atomic mass is 32.1. The Morgan fingerprint density at radius 3 is 2.95 bits per heavy atom. The van der Waals surface area contributed by atoms with Crippen LogP contribution >= 0.6 is 11.3 Å². The summed E-state index contributed by atoms with van der Waals surface area (Å²) >= 11 is 1.68.